The van der Waals surface area contributed by atoms with Crippen LogP contribution >= 0.6 is 11.3 Å². The first-order valence-electron chi connectivity index (χ1n) is 9.97. The molecule has 0 aliphatic heterocycles. The Kier molecular flexibility index (Phi) is 6.50. The van der Waals surface area contributed by atoms with Crippen molar-refractivity contribution in [2.75, 3.05) is 5.32 Å². The topological polar surface area (TPSA) is 115 Å². The van der Waals surface area contributed by atoms with E-state index in [9.17, 15) is 23.6 Å². The van der Waals surface area contributed by atoms with Gasteiger partial charge in [0, 0.05) is 18.7 Å². The van der Waals surface area contributed by atoms with Crippen molar-refractivity contribution in [1.82, 2.24) is 14.5 Å². The molecule has 0 aliphatic rings. The molecule has 170 valence electrons. The zero-order valence-corrected chi connectivity index (χ0v) is 18.1. The average molecular weight is 470 g/mol. The number of furan rings is 1. The largest absolute Gasteiger partial charge is 0.467 e. The van der Waals surface area contributed by atoms with E-state index in [0.29, 0.717) is 21.7 Å². The first-order valence-corrected chi connectivity index (χ1v) is 10.9. The molecule has 33 heavy (non-hydrogen) atoms. The van der Waals surface area contributed by atoms with Crippen LogP contribution in [-0.4, -0.2) is 20.9 Å². The van der Waals surface area contributed by atoms with Crippen molar-refractivity contribution in [2.24, 2.45) is 0 Å². The molecule has 0 unspecified atom stereocenters. The van der Waals surface area contributed by atoms with Gasteiger partial charge in [-0.3, -0.25) is 23.5 Å². The second-order valence-electron chi connectivity index (χ2n) is 7.12. The summed E-state index contributed by atoms with van der Waals surface area (Å²) in [6, 6.07) is 10.2. The van der Waals surface area contributed by atoms with Crippen molar-refractivity contribution in [3.63, 3.8) is 0 Å². The Morgan fingerprint density at radius 2 is 1.82 bits per heavy atom. The highest BCUT2D eigenvalue weighted by Crippen LogP contribution is 2.15. The predicted molar refractivity (Wildman–Crippen MR) is 121 cm³/mol. The van der Waals surface area contributed by atoms with E-state index in [-0.39, 0.29) is 26.1 Å². The van der Waals surface area contributed by atoms with E-state index in [1.165, 1.54) is 35.1 Å². The molecule has 0 aliphatic carbocycles. The molecular formula is C22H19FN4O5S. The number of carbonyl (C=O) groups is 2. The van der Waals surface area contributed by atoms with Crippen LogP contribution in [0.5, 0.6) is 0 Å². The highest BCUT2D eigenvalue weighted by Gasteiger charge is 2.17. The van der Waals surface area contributed by atoms with E-state index < -0.39 is 28.9 Å². The van der Waals surface area contributed by atoms with Gasteiger partial charge in [0.05, 0.1) is 18.3 Å². The highest BCUT2D eigenvalue weighted by atomic mass is 32.1. The number of nitrogens with zero attached hydrogens (tertiary/aromatic N) is 2. The van der Waals surface area contributed by atoms with Crippen LogP contribution in [0.1, 0.15) is 12.2 Å². The molecule has 0 fully saturated rings. The van der Waals surface area contributed by atoms with Crippen LogP contribution in [0, 0.1) is 5.82 Å². The molecule has 4 aromatic rings. The predicted octanol–water partition coefficient (Wildman–Crippen LogP) is 2.30. The Morgan fingerprint density at radius 1 is 1.03 bits per heavy atom. The Hall–Kier alpha value is -3.99. The lowest BCUT2D eigenvalue weighted by Crippen LogP contribution is -2.42. The fourth-order valence-corrected chi connectivity index (χ4v) is 4.09. The third-order valence-electron chi connectivity index (χ3n) is 4.87. The number of carbonyl (C=O) groups excluding carboxylic acids is 2. The fraction of sp³-hybridized carbons (Fsp3) is 0.182. The van der Waals surface area contributed by atoms with Gasteiger partial charge in [-0.2, -0.15) is 0 Å². The first kappa shape index (κ1) is 22.2. The number of fused-ring (bicyclic) bond motifs is 1. The van der Waals surface area contributed by atoms with Crippen LogP contribution in [0.25, 0.3) is 10.2 Å². The minimum absolute atomic E-state index is 0.159. The van der Waals surface area contributed by atoms with Gasteiger partial charge in [-0.15, -0.1) is 11.3 Å². The summed E-state index contributed by atoms with van der Waals surface area (Å²) in [5, 5.41) is 6.91. The minimum Gasteiger partial charge on any atom is -0.467 e. The average Bonchev–Trinajstić information content (AvgIpc) is 3.49. The zero-order valence-electron chi connectivity index (χ0n) is 17.2. The van der Waals surface area contributed by atoms with Gasteiger partial charge < -0.3 is 15.1 Å². The normalized spacial score (nSPS) is 10.9. The van der Waals surface area contributed by atoms with Gasteiger partial charge in [-0.1, -0.05) is 0 Å². The minimum atomic E-state index is -0.686. The number of thiophene rings is 1. The molecular weight excluding hydrogens is 451 g/mol. The van der Waals surface area contributed by atoms with Gasteiger partial charge >= 0.3 is 5.69 Å². The molecule has 0 atom stereocenters. The van der Waals surface area contributed by atoms with Gasteiger partial charge in [0.25, 0.3) is 5.56 Å². The molecule has 11 heteroatoms. The fourth-order valence-electron chi connectivity index (χ4n) is 3.25. The van der Waals surface area contributed by atoms with E-state index in [0.717, 1.165) is 15.9 Å². The molecule has 0 saturated carbocycles. The van der Waals surface area contributed by atoms with Crippen molar-refractivity contribution >= 4 is 39.1 Å². The van der Waals surface area contributed by atoms with E-state index in [2.05, 4.69) is 10.6 Å². The van der Waals surface area contributed by atoms with Crippen LogP contribution in [-0.2, 0) is 29.2 Å². The summed E-state index contributed by atoms with van der Waals surface area (Å²) in [7, 11) is 0. The summed E-state index contributed by atoms with van der Waals surface area (Å²) in [5.74, 6) is -0.742. The molecule has 0 bridgehead atoms. The van der Waals surface area contributed by atoms with Crippen LogP contribution in [0.15, 0.2) is 68.1 Å². The Balaban J connectivity index is 1.51. The number of hydrogen-bond donors (Lipinski definition) is 2. The summed E-state index contributed by atoms with van der Waals surface area (Å²) in [5.41, 5.74) is -0.455. The second-order valence-corrected chi connectivity index (χ2v) is 8.04. The third kappa shape index (κ3) is 5.09. The number of anilines is 1. The first-order chi connectivity index (χ1) is 15.9. The SMILES string of the molecule is O=C(Cn1c(=O)n(CCC(=O)Nc2ccc(F)cc2)c(=O)c2sccc21)NCc1ccco1. The maximum atomic E-state index is 13.0. The van der Waals surface area contributed by atoms with Crippen molar-refractivity contribution < 1.29 is 18.4 Å². The highest BCUT2D eigenvalue weighted by molar-refractivity contribution is 7.17. The number of nitrogens with one attached hydrogen (secondary N) is 2. The Bertz CT molecular complexity index is 1400. The van der Waals surface area contributed by atoms with Gasteiger partial charge in [-0.05, 0) is 47.8 Å². The molecule has 0 radical (unpaired) electrons. The molecule has 2 N–H and O–H groups in total. The van der Waals surface area contributed by atoms with E-state index in [1.807, 2.05) is 0 Å². The second kappa shape index (κ2) is 9.65. The number of amides is 2. The van der Waals surface area contributed by atoms with Gasteiger partial charge in [0.1, 0.15) is 22.8 Å². The van der Waals surface area contributed by atoms with Crippen LogP contribution < -0.4 is 21.9 Å². The summed E-state index contributed by atoms with van der Waals surface area (Å²) in [4.78, 5) is 50.5. The van der Waals surface area contributed by atoms with Crippen LogP contribution in [0.4, 0.5) is 10.1 Å². The molecule has 0 saturated heterocycles. The number of aromatic nitrogens is 2. The molecule has 3 heterocycles. The number of halogens is 1. The number of rotatable bonds is 8. The summed E-state index contributed by atoms with van der Waals surface area (Å²) in [6.45, 7) is -0.308. The van der Waals surface area contributed by atoms with Gasteiger partial charge in [0.15, 0.2) is 0 Å². The lowest BCUT2D eigenvalue weighted by atomic mass is 10.3. The van der Waals surface area contributed by atoms with E-state index in [4.69, 9.17) is 4.42 Å². The number of hydrogen-bond acceptors (Lipinski definition) is 6. The van der Waals surface area contributed by atoms with Crippen LogP contribution in [0.2, 0.25) is 0 Å². The lowest BCUT2D eigenvalue weighted by molar-refractivity contribution is -0.122. The molecule has 4 rings (SSSR count). The molecule has 3 aromatic heterocycles. The van der Waals surface area contributed by atoms with Crippen molar-refractivity contribution in [3.8, 4) is 0 Å². The Labute approximate surface area is 190 Å². The maximum Gasteiger partial charge on any atom is 0.332 e. The van der Waals surface area contributed by atoms with Crippen molar-refractivity contribution in [1.29, 1.82) is 0 Å². The van der Waals surface area contributed by atoms with E-state index in [1.54, 1.807) is 23.6 Å². The summed E-state index contributed by atoms with van der Waals surface area (Å²) < 4.78 is 20.7. The van der Waals surface area contributed by atoms with Crippen LogP contribution in [0.3, 0.4) is 0 Å². The standard InChI is InChI=1S/C22H19FN4O5S/c23-14-3-5-15(6-4-14)25-18(28)7-9-26-21(30)20-17(8-11-33-20)27(22(26)31)13-19(29)24-12-16-2-1-10-32-16/h1-6,8,10-11H,7,9,12-13H2,(H,24,29)(H,25,28). The Morgan fingerprint density at radius 3 is 2.55 bits per heavy atom. The maximum absolute atomic E-state index is 13.0. The van der Waals surface area contributed by atoms with Crippen molar-refractivity contribution in [2.45, 2.75) is 26.1 Å². The number of benzene rings is 1. The molecule has 0 spiro atoms. The smallest absolute Gasteiger partial charge is 0.332 e. The quantitative estimate of drug-likeness (QED) is 0.410. The van der Waals surface area contributed by atoms with Crippen molar-refractivity contribution in [3.05, 3.63) is 86.5 Å². The third-order valence-corrected chi connectivity index (χ3v) is 5.76. The summed E-state index contributed by atoms with van der Waals surface area (Å²) in [6.07, 6.45) is 1.33. The summed E-state index contributed by atoms with van der Waals surface area (Å²) >= 11 is 1.15. The van der Waals surface area contributed by atoms with Gasteiger partial charge in [0.2, 0.25) is 11.8 Å². The molecule has 2 amide bonds. The lowest BCUT2D eigenvalue weighted by Gasteiger charge is -2.12. The zero-order chi connectivity index (χ0) is 23.4. The van der Waals surface area contributed by atoms with E-state index >= 15 is 0 Å². The monoisotopic (exact) mass is 470 g/mol. The molecule has 1 aromatic carbocycles. The molecule has 9 nitrogen and oxygen atoms in total. The van der Waals surface area contributed by atoms with Gasteiger partial charge in [-0.25, -0.2) is 9.18 Å².